The van der Waals surface area contributed by atoms with E-state index in [-0.39, 0.29) is 10.9 Å². The fourth-order valence-electron chi connectivity index (χ4n) is 2.98. The maximum atomic E-state index is 12.8. The predicted molar refractivity (Wildman–Crippen MR) is 108 cm³/mol. The van der Waals surface area contributed by atoms with E-state index < -0.39 is 10.8 Å². The molecule has 1 atom stereocenters. The first-order chi connectivity index (χ1) is 12.9. The fraction of sp³-hybridized carbons (Fsp3) is 0.158. The number of carbonyl (C=O) groups excluding carboxylic acids is 1. The van der Waals surface area contributed by atoms with Crippen molar-refractivity contribution >= 4 is 45.7 Å². The topological polar surface area (TPSA) is 64.0 Å². The van der Waals surface area contributed by atoms with Gasteiger partial charge in [-0.05, 0) is 37.3 Å². The number of rotatable bonds is 3. The second kappa shape index (κ2) is 7.11. The van der Waals surface area contributed by atoms with Crippen LogP contribution < -0.4 is 5.32 Å². The molecule has 5 nitrogen and oxygen atoms in total. The molecular weight excluding hydrogens is 405 g/mol. The van der Waals surface area contributed by atoms with Crippen LogP contribution in [0.15, 0.2) is 42.5 Å². The maximum Gasteiger partial charge on any atom is 0.258 e. The summed E-state index contributed by atoms with van der Waals surface area (Å²) < 4.78 is 13.6. The summed E-state index contributed by atoms with van der Waals surface area (Å²) in [6.45, 7) is 2.00. The zero-order valence-electron chi connectivity index (χ0n) is 14.3. The molecule has 0 radical (unpaired) electrons. The Morgan fingerprint density at radius 1 is 1.15 bits per heavy atom. The normalized spacial score (nSPS) is 15.6. The molecule has 1 amide bonds. The highest BCUT2D eigenvalue weighted by atomic mass is 35.5. The van der Waals surface area contributed by atoms with Crippen molar-refractivity contribution in [2.75, 3.05) is 5.32 Å². The Kier molecular flexibility index (Phi) is 4.80. The van der Waals surface area contributed by atoms with Crippen LogP contribution in [-0.4, -0.2) is 19.9 Å². The van der Waals surface area contributed by atoms with Gasteiger partial charge in [-0.2, -0.15) is 5.10 Å². The molecule has 0 bridgehead atoms. The number of amides is 1. The number of aryl methyl sites for hydroxylation is 1. The van der Waals surface area contributed by atoms with Crippen molar-refractivity contribution in [2.45, 2.75) is 18.4 Å². The van der Waals surface area contributed by atoms with Gasteiger partial charge in [0.15, 0.2) is 0 Å². The number of benzene rings is 2. The molecule has 0 saturated carbocycles. The molecule has 2 heterocycles. The number of aromatic nitrogens is 2. The Hall–Kier alpha value is -2.15. The van der Waals surface area contributed by atoms with Crippen molar-refractivity contribution < 1.29 is 9.00 Å². The molecule has 8 heteroatoms. The zero-order chi connectivity index (χ0) is 19.1. The lowest BCUT2D eigenvalue weighted by Crippen LogP contribution is -2.17. The van der Waals surface area contributed by atoms with Crippen LogP contribution in [0.5, 0.6) is 0 Å². The van der Waals surface area contributed by atoms with E-state index in [0.29, 0.717) is 27.9 Å². The number of hydrogen-bond donors (Lipinski definition) is 1. The average Bonchev–Trinajstić information content (AvgIpc) is 3.13. The van der Waals surface area contributed by atoms with Gasteiger partial charge < -0.3 is 5.32 Å². The Labute approximate surface area is 168 Å². The second-order valence-electron chi connectivity index (χ2n) is 6.33. The number of anilines is 1. The summed E-state index contributed by atoms with van der Waals surface area (Å²) >= 11 is 12.1. The minimum Gasteiger partial charge on any atom is -0.306 e. The quantitative estimate of drug-likeness (QED) is 0.679. The summed E-state index contributed by atoms with van der Waals surface area (Å²) in [7, 11) is -1.00. The predicted octanol–water partition coefficient (Wildman–Crippen LogP) is 4.50. The van der Waals surface area contributed by atoms with Crippen LogP contribution in [0.2, 0.25) is 10.0 Å². The van der Waals surface area contributed by atoms with Crippen LogP contribution >= 0.6 is 23.2 Å². The molecule has 2 aromatic carbocycles. The number of fused-ring (bicyclic) bond motifs is 1. The smallest absolute Gasteiger partial charge is 0.258 e. The summed E-state index contributed by atoms with van der Waals surface area (Å²) in [5.41, 5.74) is 3.79. The number of carbonyl (C=O) groups is 1. The molecule has 138 valence electrons. The molecule has 0 fully saturated rings. The molecule has 0 spiro atoms. The van der Waals surface area contributed by atoms with Gasteiger partial charge in [0.2, 0.25) is 0 Å². The number of hydrogen-bond acceptors (Lipinski definition) is 3. The highest BCUT2D eigenvalue weighted by Gasteiger charge is 2.28. The minimum atomic E-state index is -1.00. The van der Waals surface area contributed by atoms with E-state index in [4.69, 9.17) is 23.2 Å². The van der Waals surface area contributed by atoms with E-state index in [0.717, 1.165) is 22.5 Å². The largest absolute Gasteiger partial charge is 0.306 e. The Balaban J connectivity index is 1.76. The second-order valence-corrected chi connectivity index (χ2v) is 8.63. The van der Waals surface area contributed by atoms with Gasteiger partial charge in [-0.15, -0.1) is 0 Å². The molecule has 1 aliphatic heterocycles. The average molecular weight is 420 g/mol. The number of nitrogens with one attached hydrogen (secondary N) is 1. The Morgan fingerprint density at radius 3 is 2.59 bits per heavy atom. The van der Waals surface area contributed by atoms with Crippen molar-refractivity contribution in [2.24, 2.45) is 0 Å². The van der Waals surface area contributed by atoms with E-state index in [2.05, 4.69) is 10.4 Å². The van der Waals surface area contributed by atoms with Crippen LogP contribution in [0, 0.1) is 6.92 Å². The van der Waals surface area contributed by atoms with Gasteiger partial charge in [-0.3, -0.25) is 9.00 Å². The van der Waals surface area contributed by atoms with Crippen molar-refractivity contribution in [3.8, 4) is 5.69 Å². The van der Waals surface area contributed by atoms with E-state index in [1.807, 2.05) is 31.2 Å². The molecule has 0 aliphatic carbocycles. The van der Waals surface area contributed by atoms with Gasteiger partial charge in [0, 0.05) is 21.4 Å². The first-order valence-electron chi connectivity index (χ1n) is 8.21. The van der Waals surface area contributed by atoms with Crippen molar-refractivity contribution in [3.05, 3.63) is 74.9 Å². The highest BCUT2D eigenvalue weighted by Crippen LogP contribution is 2.32. The van der Waals surface area contributed by atoms with Gasteiger partial charge in [0.05, 0.1) is 33.5 Å². The zero-order valence-corrected chi connectivity index (χ0v) is 16.7. The summed E-state index contributed by atoms with van der Waals surface area (Å²) in [5.74, 6) is 0.908. The molecular formula is C19H15Cl2N3O2S. The SMILES string of the molecule is Cc1ccc(-n2nc3c(c2NC(=O)c2ccc(Cl)cc2Cl)CS(=O)C3)cc1. The summed E-state index contributed by atoms with van der Waals surface area (Å²) in [6, 6.07) is 12.5. The molecule has 1 N–H and O–H groups in total. The molecule has 0 saturated heterocycles. The van der Waals surface area contributed by atoms with E-state index in [9.17, 15) is 9.00 Å². The lowest BCUT2D eigenvalue weighted by Gasteiger charge is -2.12. The minimum absolute atomic E-state index is 0.265. The number of halogens is 2. The summed E-state index contributed by atoms with van der Waals surface area (Å²) in [5, 5.41) is 8.20. The van der Waals surface area contributed by atoms with Crippen LogP contribution in [0.3, 0.4) is 0 Å². The van der Waals surface area contributed by atoms with Crippen LogP contribution in [0.4, 0.5) is 5.82 Å². The van der Waals surface area contributed by atoms with Crippen LogP contribution in [-0.2, 0) is 22.3 Å². The van der Waals surface area contributed by atoms with Crippen molar-refractivity contribution in [1.82, 2.24) is 9.78 Å². The lowest BCUT2D eigenvalue weighted by atomic mass is 10.2. The highest BCUT2D eigenvalue weighted by molar-refractivity contribution is 7.83. The van der Waals surface area contributed by atoms with Crippen molar-refractivity contribution in [3.63, 3.8) is 0 Å². The van der Waals surface area contributed by atoms with Gasteiger partial charge >= 0.3 is 0 Å². The van der Waals surface area contributed by atoms with Gasteiger partial charge in [0.25, 0.3) is 5.91 Å². The van der Waals surface area contributed by atoms with E-state index >= 15 is 0 Å². The lowest BCUT2D eigenvalue weighted by molar-refractivity contribution is 0.102. The standard InChI is InChI=1S/C19H15Cl2N3O2S/c1-11-2-5-13(6-3-11)24-18(15-9-27(26)10-17(15)23-24)22-19(25)14-7-4-12(20)8-16(14)21/h2-8H,9-10H2,1H3,(H,22,25). The van der Waals surface area contributed by atoms with E-state index in [1.54, 1.807) is 16.8 Å². The number of nitrogens with zero attached hydrogens (tertiary/aromatic N) is 2. The van der Waals surface area contributed by atoms with Gasteiger partial charge in [-0.25, -0.2) is 4.68 Å². The monoisotopic (exact) mass is 419 g/mol. The van der Waals surface area contributed by atoms with Gasteiger partial charge in [-0.1, -0.05) is 40.9 Å². The third-order valence-electron chi connectivity index (χ3n) is 4.36. The van der Waals surface area contributed by atoms with Crippen LogP contribution in [0.25, 0.3) is 5.69 Å². The van der Waals surface area contributed by atoms with E-state index in [1.165, 1.54) is 6.07 Å². The molecule has 1 aromatic heterocycles. The third kappa shape index (κ3) is 3.52. The van der Waals surface area contributed by atoms with Gasteiger partial charge in [0.1, 0.15) is 5.82 Å². The third-order valence-corrected chi connectivity index (χ3v) is 6.11. The van der Waals surface area contributed by atoms with Crippen LogP contribution in [0.1, 0.15) is 27.2 Å². The Morgan fingerprint density at radius 2 is 1.89 bits per heavy atom. The molecule has 4 rings (SSSR count). The summed E-state index contributed by atoms with van der Waals surface area (Å²) in [6.07, 6.45) is 0. The Bertz CT molecular complexity index is 1080. The fourth-order valence-corrected chi connectivity index (χ4v) is 4.74. The molecule has 27 heavy (non-hydrogen) atoms. The first-order valence-corrected chi connectivity index (χ1v) is 10.5. The maximum absolute atomic E-state index is 12.8. The molecule has 1 unspecified atom stereocenters. The summed E-state index contributed by atoms with van der Waals surface area (Å²) in [4.78, 5) is 12.8. The first kappa shape index (κ1) is 18.2. The molecule has 3 aromatic rings. The molecule has 1 aliphatic rings. The van der Waals surface area contributed by atoms with Crippen molar-refractivity contribution in [1.29, 1.82) is 0 Å².